The molecular weight excluding hydrogens is 455 g/mol. The van der Waals surface area contributed by atoms with Crippen molar-refractivity contribution >= 4 is 13.7 Å². The van der Waals surface area contributed by atoms with Crippen LogP contribution in [0, 0.1) is 0 Å². The molecule has 0 saturated heterocycles. The molecule has 0 radical (unpaired) electrons. The van der Waals surface area contributed by atoms with Crippen molar-refractivity contribution in [1.82, 2.24) is 0 Å². The first kappa shape index (κ1) is 38.0. The highest BCUT2D eigenvalue weighted by atomic mass is 31.2. The molecule has 0 fully saturated rings. The molecule has 1 atom stereocenters. The van der Waals surface area contributed by atoms with Crippen LogP contribution in [0.2, 0.25) is 0 Å². The number of nitrogens with two attached hydrogens (primary N) is 2. The summed E-state index contributed by atoms with van der Waals surface area (Å²) in [6.45, 7) is 7.99. The zero-order chi connectivity index (χ0) is 26.9. The van der Waals surface area contributed by atoms with E-state index in [1.54, 1.807) is 0 Å². The van der Waals surface area contributed by atoms with Crippen LogP contribution in [0.15, 0.2) is 0 Å². The minimum atomic E-state index is -4.64. The second-order valence-electron chi connectivity index (χ2n) is 9.81. The van der Waals surface area contributed by atoms with Crippen molar-refractivity contribution in [2.45, 2.75) is 155 Å². The number of carbonyl (C=O) groups excluding carboxylic acids is 1. The Balaban J connectivity index is -0.000000563. The van der Waals surface area contributed by atoms with Gasteiger partial charge in [-0.1, -0.05) is 110 Å². The molecule has 8 N–H and O–H groups in total. The lowest BCUT2D eigenvalue weighted by atomic mass is 9.95. The number of rotatable bonds is 19. The highest BCUT2D eigenvalue weighted by Gasteiger charge is 2.20. The summed E-state index contributed by atoms with van der Waals surface area (Å²) in [6, 6.07) is 0. The maximum atomic E-state index is 10.6. The minimum Gasteiger partial charge on any atom is -0.391 e. The third-order valence-corrected chi connectivity index (χ3v) is 5.45. The van der Waals surface area contributed by atoms with E-state index in [9.17, 15) is 9.90 Å². The average molecular weight is 513 g/mol. The van der Waals surface area contributed by atoms with Gasteiger partial charge in [0.2, 0.25) is 5.91 Å². The van der Waals surface area contributed by atoms with Gasteiger partial charge in [0, 0.05) is 12.0 Å². The van der Waals surface area contributed by atoms with Gasteiger partial charge in [-0.25, -0.2) is 4.57 Å². The van der Waals surface area contributed by atoms with E-state index in [-0.39, 0.29) is 12.0 Å². The lowest BCUT2D eigenvalue weighted by molar-refractivity contribution is -0.118. The summed E-state index contributed by atoms with van der Waals surface area (Å²) in [7, 11) is -4.64. The Labute approximate surface area is 209 Å². The van der Waals surface area contributed by atoms with Crippen LogP contribution in [0.25, 0.3) is 0 Å². The molecule has 0 heterocycles. The van der Waals surface area contributed by atoms with Crippen molar-refractivity contribution in [3.63, 3.8) is 0 Å². The standard InChI is InChI=1S/C18H37NO.C7H17NO.H3O4P/c1-2-3-4-5-6-7-8-9-10-11-12-13-14-15-16-17-18(19)20;1-4-5-6(9)7(2,3)8;1-5(2,3)4/h2-17H2,1H3,(H2,19,20);6,9H,4-5,8H2,1-3H3;(H3,1,2,3,4). The molecule has 0 aliphatic heterocycles. The Morgan fingerprint density at radius 3 is 1.24 bits per heavy atom. The quantitative estimate of drug-likeness (QED) is 0.0954. The van der Waals surface area contributed by atoms with Crippen molar-refractivity contribution in [2.24, 2.45) is 11.5 Å². The molecule has 0 aromatic rings. The van der Waals surface area contributed by atoms with Gasteiger partial charge in [0.05, 0.1) is 6.10 Å². The molecule has 0 spiro atoms. The number of unbranched alkanes of at least 4 members (excludes halogenated alkanes) is 14. The van der Waals surface area contributed by atoms with Crippen LogP contribution in [0.1, 0.15) is 143 Å². The molecule has 0 bridgehead atoms. The fourth-order valence-electron chi connectivity index (χ4n) is 3.32. The van der Waals surface area contributed by atoms with Crippen LogP contribution in [-0.4, -0.2) is 37.3 Å². The summed E-state index contributed by atoms with van der Waals surface area (Å²) < 4.78 is 8.88. The topological polar surface area (TPSA) is 167 Å². The molecule has 0 rings (SSSR count). The molecule has 0 aromatic carbocycles. The molecule has 0 aromatic heterocycles. The minimum absolute atomic E-state index is 0.153. The number of phosphoric acid groups is 1. The van der Waals surface area contributed by atoms with E-state index in [4.69, 9.17) is 30.7 Å². The van der Waals surface area contributed by atoms with Gasteiger partial charge in [-0.15, -0.1) is 0 Å². The van der Waals surface area contributed by atoms with Gasteiger partial charge in [-0.3, -0.25) is 4.79 Å². The molecule has 8 nitrogen and oxygen atoms in total. The van der Waals surface area contributed by atoms with Crippen molar-refractivity contribution in [2.75, 3.05) is 0 Å². The lowest BCUT2D eigenvalue weighted by Crippen LogP contribution is -2.44. The number of primary amides is 1. The first-order chi connectivity index (χ1) is 15.8. The van der Waals surface area contributed by atoms with Gasteiger partial charge in [0.1, 0.15) is 0 Å². The maximum absolute atomic E-state index is 10.6. The van der Waals surface area contributed by atoms with Crippen molar-refractivity contribution < 1.29 is 29.1 Å². The molecule has 0 aliphatic rings. The van der Waals surface area contributed by atoms with Crippen molar-refractivity contribution in [3.05, 3.63) is 0 Å². The van der Waals surface area contributed by atoms with Gasteiger partial charge in [0.15, 0.2) is 0 Å². The Morgan fingerprint density at radius 1 is 0.735 bits per heavy atom. The van der Waals surface area contributed by atoms with E-state index in [0.29, 0.717) is 6.42 Å². The molecule has 9 heteroatoms. The number of aliphatic hydroxyl groups excluding tert-OH is 1. The largest absolute Gasteiger partial charge is 0.466 e. The smallest absolute Gasteiger partial charge is 0.391 e. The summed E-state index contributed by atoms with van der Waals surface area (Å²) in [5.41, 5.74) is 10.3. The predicted octanol–water partition coefficient (Wildman–Crippen LogP) is 5.69. The molecule has 1 amide bonds. The molecular formula is C25H57N2O6P. The van der Waals surface area contributed by atoms with Crippen molar-refractivity contribution in [3.8, 4) is 0 Å². The fraction of sp³-hybridized carbons (Fsp3) is 0.960. The molecule has 34 heavy (non-hydrogen) atoms. The van der Waals surface area contributed by atoms with E-state index in [2.05, 4.69) is 6.92 Å². The Hall–Kier alpha value is -0.500. The van der Waals surface area contributed by atoms with Gasteiger partial charge >= 0.3 is 7.82 Å². The molecule has 0 saturated carbocycles. The number of hydrogen-bond acceptors (Lipinski definition) is 4. The Morgan fingerprint density at radius 2 is 1.03 bits per heavy atom. The van der Waals surface area contributed by atoms with E-state index in [1.165, 1.54) is 89.9 Å². The Kier molecular flexibility index (Phi) is 28.6. The number of amides is 1. The van der Waals surface area contributed by atoms with Crippen LogP contribution in [0.5, 0.6) is 0 Å². The van der Waals surface area contributed by atoms with Gasteiger partial charge in [0.25, 0.3) is 0 Å². The summed E-state index contributed by atoms with van der Waals surface area (Å²) in [5, 5.41) is 9.26. The average Bonchev–Trinajstić information content (AvgIpc) is 2.69. The van der Waals surface area contributed by atoms with Crippen LogP contribution >= 0.6 is 7.82 Å². The van der Waals surface area contributed by atoms with E-state index < -0.39 is 13.4 Å². The second kappa shape index (κ2) is 25.6. The van der Waals surface area contributed by atoms with E-state index in [1.807, 2.05) is 20.8 Å². The fourth-order valence-corrected chi connectivity index (χ4v) is 3.32. The second-order valence-corrected chi connectivity index (χ2v) is 10.8. The third-order valence-electron chi connectivity index (χ3n) is 5.45. The number of carbonyl (C=O) groups is 1. The van der Waals surface area contributed by atoms with Gasteiger partial charge in [-0.05, 0) is 26.7 Å². The monoisotopic (exact) mass is 512 g/mol. The van der Waals surface area contributed by atoms with Gasteiger partial charge in [-0.2, -0.15) is 0 Å². The number of aliphatic hydroxyl groups is 1. The van der Waals surface area contributed by atoms with E-state index in [0.717, 1.165) is 19.3 Å². The van der Waals surface area contributed by atoms with Crippen LogP contribution in [0.4, 0.5) is 0 Å². The summed E-state index contributed by atoms with van der Waals surface area (Å²) in [5.74, 6) is -0.153. The predicted molar refractivity (Wildman–Crippen MR) is 142 cm³/mol. The first-order valence-electron chi connectivity index (χ1n) is 13.3. The summed E-state index contributed by atoms with van der Waals surface area (Å²) >= 11 is 0. The number of hydrogen-bond donors (Lipinski definition) is 6. The highest BCUT2D eigenvalue weighted by Crippen LogP contribution is 2.25. The maximum Gasteiger partial charge on any atom is 0.466 e. The summed E-state index contributed by atoms with van der Waals surface area (Å²) in [6.07, 6.45) is 22.3. The summed E-state index contributed by atoms with van der Waals surface area (Å²) in [4.78, 5) is 32.1. The van der Waals surface area contributed by atoms with Gasteiger partial charge < -0.3 is 31.3 Å². The normalized spacial score (nSPS) is 12.3. The SMILES string of the molecule is CCCC(O)C(C)(C)N.CCCCCCCCCCCCCCCCCC(N)=O.O=P(O)(O)O. The lowest BCUT2D eigenvalue weighted by Gasteiger charge is -2.25. The first-order valence-corrected chi connectivity index (χ1v) is 14.9. The zero-order valence-electron chi connectivity index (χ0n) is 22.5. The van der Waals surface area contributed by atoms with Crippen molar-refractivity contribution in [1.29, 1.82) is 0 Å². The van der Waals surface area contributed by atoms with E-state index >= 15 is 0 Å². The molecule has 208 valence electrons. The molecule has 1 unspecified atom stereocenters. The van der Waals surface area contributed by atoms with Crippen LogP contribution in [-0.2, 0) is 9.36 Å². The zero-order valence-corrected chi connectivity index (χ0v) is 23.4. The Bertz CT molecular complexity index is 472. The highest BCUT2D eigenvalue weighted by molar-refractivity contribution is 7.45. The van der Waals surface area contributed by atoms with Crippen LogP contribution in [0.3, 0.4) is 0 Å². The third kappa shape index (κ3) is 45.1. The molecule has 0 aliphatic carbocycles. The van der Waals surface area contributed by atoms with Crippen LogP contribution < -0.4 is 11.5 Å².